The molecule has 0 aliphatic heterocycles. The van der Waals surface area contributed by atoms with E-state index in [2.05, 4.69) is 5.32 Å². The summed E-state index contributed by atoms with van der Waals surface area (Å²) in [5.74, 6) is -0.398. The second-order valence-corrected chi connectivity index (χ2v) is 5.85. The van der Waals surface area contributed by atoms with Crippen molar-refractivity contribution in [3.63, 3.8) is 0 Å². The number of sulfonamides is 1. The molecule has 5 N–H and O–H groups in total. The number of nitrogens with one attached hydrogen (secondary N) is 1. The molecule has 1 unspecified atom stereocenters. The van der Waals surface area contributed by atoms with Gasteiger partial charge in [0.2, 0.25) is 15.9 Å². The van der Waals surface area contributed by atoms with Gasteiger partial charge < -0.3 is 11.1 Å². The molecule has 0 saturated heterocycles. The predicted molar refractivity (Wildman–Crippen MR) is 70.1 cm³/mol. The fourth-order valence-electron chi connectivity index (χ4n) is 1.42. The number of carbonyl (C=O) groups excluding carboxylic acids is 1. The molecule has 1 amide bonds. The third-order valence-electron chi connectivity index (χ3n) is 2.11. The highest BCUT2D eigenvalue weighted by atomic mass is 32.2. The summed E-state index contributed by atoms with van der Waals surface area (Å²) in [6.45, 7) is 1.74. The topological polar surface area (TPSA) is 115 Å². The van der Waals surface area contributed by atoms with Crippen molar-refractivity contribution in [3.05, 3.63) is 29.8 Å². The maximum absolute atomic E-state index is 11.4. The van der Waals surface area contributed by atoms with E-state index in [1.165, 1.54) is 0 Å². The minimum Gasteiger partial charge on any atom is -0.327 e. The SMILES string of the molecule is CC(N)CC(=O)Nc1ccc(CS(N)(=O)=O)cc1. The molecule has 0 aliphatic carbocycles. The highest BCUT2D eigenvalue weighted by Crippen LogP contribution is 2.11. The van der Waals surface area contributed by atoms with Crippen LogP contribution in [0.5, 0.6) is 0 Å². The molecule has 1 atom stereocenters. The van der Waals surface area contributed by atoms with Crippen LogP contribution < -0.4 is 16.2 Å². The fourth-order valence-corrected chi connectivity index (χ4v) is 2.08. The lowest BCUT2D eigenvalue weighted by atomic mass is 10.2. The zero-order valence-corrected chi connectivity index (χ0v) is 10.9. The normalized spacial score (nSPS) is 13.1. The number of hydrogen-bond acceptors (Lipinski definition) is 4. The van der Waals surface area contributed by atoms with E-state index in [0.29, 0.717) is 11.3 Å². The maximum atomic E-state index is 11.4. The van der Waals surface area contributed by atoms with Gasteiger partial charge in [0.15, 0.2) is 0 Å². The number of benzene rings is 1. The third-order valence-corrected chi connectivity index (χ3v) is 2.85. The predicted octanol–water partition coefficient (Wildman–Crippen LogP) is 0.151. The third kappa shape index (κ3) is 5.76. The van der Waals surface area contributed by atoms with Crippen molar-refractivity contribution in [2.24, 2.45) is 10.9 Å². The Balaban J connectivity index is 2.63. The van der Waals surface area contributed by atoms with Crippen molar-refractivity contribution >= 4 is 21.6 Å². The lowest BCUT2D eigenvalue weighted by Gasteiger charge is -2.07. The number of primary sulfonamides is 1. The molecule has 0 heterocycles. The van der Waals surface area contributed by atoms with Crippen molar-refractivity contribution in [2.75, 3.05) is 5.32 Å². The molecule has 0 spiro atoms. The Bertz CT molecular complexity index is 509. The molecular weight excluding hydrogens is 254 g/mol. The summed E-state index contributed by atoms with van der Waals surface area (Å²) < 4.78 is 21.8. The summed E-state index contributed by atoms with van der Waals surface area (Å²) >= 11 is 0. The second-order valence-electron chi connectivity index (χ2n) is 4.23. The number of amides is 1. The molecule has 1 aromatic rings. The van der Waals surface area contributed by atoms with Crippen LogP contribution in [0.25, 0.3) is 0 Å². The minimum atomic E-state index is -3.53. The fraction of sp³-hybridized carbons (Fsp3) is 0.364. The largest absolute Gasteiger partial charge is 0.327 e. The first-order valence-corrected chi connectivity index (χ1v) is 7.12. The zero-order valence-electron chi connectivity index (χ0n) is 10.1. The minimum absolute atomic E-state index is 0.177. The number of nitrogens with two attached hydrogens (primary N) is 2. The average Bonchev–Trinajstić information content (AvgIpc) is 2.17. The van der Waals surface area contributed by atoms with E-state index in [0.717, 1.165) is 0 Å². The van der Waals surface area contributed by atoms with E-state index >= 15 is 0 Å². The Labute approximate surface area is 106 Å². The van der Waals surface area contributed by atoms with Crippen LogP contribution in [0.3, 0.4) is 0 Å². The molecule has 1 rings (SSSR count). The van der Waals surface area contributed by atoms with Crippen LogP contribution in [-0.4, -0.2) is 20.4 Å². The number of carbonyl (C=O) groups is 1. The van der Waals surface area contributed by atoms with Gasteiger partial charge in [0, 0.05) is 18.2 Å². The molecule has 6 nitrogen and oxygen atoms in total. The van der Waals surface area contributed by atoms with Gasteiger partial charge in [-0.25, -0.2) is 13.6 Å². The Morgan fingerprint density at radius 1 is 1.33 bits per heavy atom. The van der Waals surface area contributed by atoms with Gasteiger partial charge in [0.25, 0.3) is 0 Å². The first kappa shape index (κ1) is 14.6. The van der Waals surface area contributed by atoms with Crippen LogP contribution in [0.1, 0.15) is 18.9 Å². The highest BCUT2D eigenvalue weighted by molar-refractivity contribution is 7.88. The van der Waals surface area contributed by atoms with Crippen LogP contribution in [0, 0.1) is 0 Å². The summed E-state index contributed by atoms with van der Waals surface area (Å²) in [7, 11) is -3.53. The Morgan fingerprint density at radius 2 is 1.89 bits per heavy atom. The van der Waals surface area contributed by atoms with E-state index in [9.17, 15) is 13.2 Å². The van der Waals surface area contributed by atoms with Gasteiger partial charge >= 0.3 is 0 Å². The van der Waals surface area contributed by atoms with Crippen LogP contribution >= 0.6 is 0 Å². The van der Waals surface area contributed by atoms with Gasteiger partial charge in [-0.3, -0.25) is 4.79 Å². The van der Waals surface area contributed by atoms with E-state index < -0.39 is 10.0 Å². The molecule has 100 valence electrons. The van der Waals surface area contributed by atoms with Crippen molar-refractivity contribution < 1.29 is 13.2 Å². The van der Waals surface area contributed by atoms with Crippen molar-refractivity contribution in [1.82, 2.24) is 0 Å². The molecule has 0 aliphatic rings. The van der Waals surface area contributed by atoms with Gasteiger partial charge in [-0.1, -0.05) is 12.1 Å². The average molecular weight is 271 g/mol. The first-order chi connectivity index (χ1) is 8.26. The van der Waals surface area contributed by atoms with Crippen LogP contribution in [0.15, 0.2) is 24.3 Å². The molecule has 0 bridgehead atoms. The monoisotopic (exact) mass is 271 g/mol. The van der Waals surface area contributed by atoms with Crippen LogP contribution in [-0.2, 0) is 20.6 Å². The van der Waals surface area contributed by atoms with Crippen LogP contribution in [0.2, 0.25) is 0 Å². The molecule has 1 aromatic carbocycles. The van der Waals surface area contributed by atoms with Crippen molar-refractivity contribution in [3.8, 4) is 0 Å². The van der Waals surface area contributed by atoms with Gasteiger partial charge in [-0.2, -0.15) is 0 Å². The summed E-state index contributed by atoms with van der Waals surface area (Å²) in [6, 6.07) is 6.25. The lowest BCUT2D eigenvalue weighted by molar-refractivity contribution is -0.116. The number of rotatable bonds is 5. The van der Waals surface area contributed by atoms with E-state index in [-0.39, 0.29) is 24.1 Å². The molecule has 0 radical (unpaired) electrons. The summed E-state index contributed by atoms with van der Waals surface area (Å²) in [5, 5.41) is 7.59. The Morgan fingerprint density at radius 3 is 2.33 bits per heavy atom. The van der Waals surface area contributed by atoms with Gasteiger partial charge in [0.1, 0.15) is 0 Å². The van der Waals surface area contributed by atoms with Crippen LogP contribution in [0.4, 0.5) is 5.69 Å². The van der Waals surface area contributed by atoms with Gasteiger partial charge in [0.05, 0.1) is 5.75 Å². The maximum Gasteiger partial charge on any atom is 0.225 e. The summed E-state index contributed by atoms with van der Waals surface area (Å²) in [6.07, 6.45) is 0.235. The smallest absolute Gasteiger partial charge is 0.225 e. The van der Waals surface area contributed by atoms with Gasteiger partial charge in [-0.05, 0) is 24.6 Å². The van der Waals surface area contributed by atoms with E-state index in [4.69, 9.17) is 10.9 Å². The highest BCUT2D eigenvalue weighted by Gasteiger charge is 2.07. The molecule has 0 fully saturated rings. The standard InChI is InChI=1S/C11H17N3O3S/c1-8(12)6-11(15)14-10-4-2-9(3-5-10)7-18(13,16)17/h2-5,8H,6-7,12H2,1H3,(H,14,15)(H2,13,16,17). The van der Waals surface area contributed by atoms with E-state index in [1.807, 2.05) is 0 Å². The summed E-state index contributed by atoms with van der Waals surface area (Å²) in [4.78, 5) is 11.4. The van der Waals surface area contributed by atoms with Crippen molar-refractivity contribution in [2.45, 2.75) is 25.1 Å². The Hall–Kier alpha value is -1.44. The zero-order chi connectivity index (χ0) is 13.8. The first-order valence-electron chi connectivity index (χ1n) is 5.41. The van der Waals surface area contributed by atoms with Gasteiger partial charge in [-0.15, -0.1) is 0 Å². The molecule has 0 aromatic heterocycles. The van der Waals surface area contributed by atoms with E-state index in [1.54, 1.807) is 31.2 Å². The summed E-state index contributed by atoms with van der Waals surface area (Å²) in [5.41, 5.74) is 6.67. The quantitative estimate of drug-likeness (QED) is 0.707. The lowest BCUT2D eigenvalue weighted by Crippen LogP contribution is -2.23. The number of hydrogen-bond donors (Lipinski definition) is 3. The molecule has 18 heavy (non-hydrogen) atoms. The molecular formula is C11H17N3O3S. The second kappa shape index (κ2) is 5.94. The molecule has 7 heteroatoms. The Kier molecular flexibility index (Phi) is 4.83. The molecule has 0 saturated carbocycles. The number of anilines is 1. The van der Waals surface area contributed by atoms with Crippen molar-refractivity contribution in [1.29, 1.82) is 0 Å².